The van der Waals surface area contributed by atoms with Crippen LogP contribution < -0.4 is 5.32 Å². The van der Waals surface area contributed by atoms with Gasteiger partial charge in [-0.2, -0.15) is 13.2 Å². The Hall–Kier alpha value is -2.84. The Morgan fingerprint density at radius 1 is 1.06 bits per heavy atom. The second-order valence-electron chi connectivity index (χ2n) is 8.43. The fourth-order valence-electron chi connectivity index (χ4n) is 4.59. The van der Waals surface area contributed by atoms with Gasteiger partial charge in [0.25, 0.3) is 0 Å². The molecule has 0 saturated carbocycles. The van der Waals surface area contributed by atoms with Crippen molar-refractivity contribution in [3.63, 3.8) is 0 Å². The summed E-state index contributed by atoms with van der Waals surface area (Å²) in [7, 11) is 0. The average molecular weight is 475 g/mol. The first kappa shape index (κ1) is 22.0. The highest BCUT2D eigenvalue weighted by Crippen LogP contribution is 2.39. The third-order valence-corrected chi connectivity index (χ3v) is 6.49. The highest BCUT2D eigenvalue weighted by atomic mass is 35.5. The smallest absolute Gasteiger partial charge is 0.435 e. The number of aromatic nitrogens is 3. The van der Waals surface area contributed by atoms with E-state index < -0.39 is 11.9 Å². The number of hydrogen-bond donors (Lipinski definition) is 2. The Morgan fingerprint density at radius 2 is 1.79 bits per heavy atom. The summed E-state index contributed by atoms with van der Waals surface area (Å²) in [4.78, 5) is 8.38. The van der Waals surface area contributed by atoms with Gasteiger partial charge in [0, 0.05) is 22.5 Å². The molecule has 3 heterocycles. The summed E-state index contributed by atoms with van der Waals surface area (Å²) >= 11 is 6.08. The molecule has 0 aliphatic carbocycles. The number of aryl methyl sites for hydroxylation is 1. The fraction of sp³-hybridized carbons (Fsp3) is 0.333. The topological polar surface area (TPSA) is 63.0 Å². The number of nitrogens with zero attached hydrogens (tertiary/aromatic N) is 3. The molecule has 2 aromatic carbocycles. The number of hydrogen-bond acceptors (Lipinski definition) is 4. The van der Waals surface area contributed by atoms with Gasteiger partial charge in [-0.05, 0) is 80.7 Å². The van der Waals surface area contributed by atoms with E-state index in [1.165, 1.54) is 18.2 Å². The number of benzene rings is 2. The molecule has 33 heavy (non-hydrogen) atoms. The lowest BCUT2D eigenvalue weighted by atomic mass is 9.94. The average Bonchev–Trinajstić information content (AvgIpc) is 3.17. The van der Waals surface area contributed by atoms with Crippen LogP contribution in [0.3, 0.4) is 0 Å². The summed E-state index contributed by atoms with van der Waals surface area (Å²) in [6, 6.07) is 11.2. The fourth-order valence-corrected chi connectivity index (χ4v) is 4.76. The van der Waals surface area contributed by atoms with E-state index in [2.05, 4.69) is 15.3 Å². The molecule has 1 fully saturated rings. The number of halogens is 4. The number of pyridine rings is 1. The van der Waals surface area contributed by atoms with Gasteiger partial charge >= 0.3 is 6.18 Å². The summed E-state index contributed by atoms with van der Waals surface area (Å²) in [6.07, 6.45) is -1.77. The van der Waals surface area contributed by atoms with Crippen LogP contribution in [0.5, 0.6) is 5.75 Å². The standard InChI is InChI=1S/C24H22ClF3N4O/c25-16-3-6-18-19(13-16)30-22(24(26,27)28)20-21(18)32(12-9-14-7-10-29-11-8-14)23(31-20)15-1-4-17(33)5-2-15/h1-6,13-14,29,33H,7-12H2. The van der Waals surface area contributed by atoms with E-state index in [9.17, 15) is 18.3 Å². The van der Waals surface area contributed by atoms with E-state index in [0.29, 0.717) is 39.8 Å². The van der Waals surface area contributed by atoms with E-state index in [0.717, 1.165) is 32.4 Å². The lowest BCUT2D eigenvalue weighted by Crippen LogP contribution is -2.28. The number of fused-ring (bicyclic) bond motifs is 3. The number of rotatable bonds is 4. The molecule has 9 heteroatoms. The van der Waals surface area contributed by atoms with Crippen LogP contribution in [-0.4, -0.2) is 32.7 Å². The van der Waals surface area contributed by atoms with Crippen molar-refractivity contribution >= 4 is 33.5 Å². The van der Waals surface area contributed by atoms with Gasteiger partial charge in [0.2, 0.25) is 0 Å². The van der Waals surface area contributed by atoms with Crippen LogP contribution in [0.4, 0.5) is 13.2 Å². The summed E-state index contributed by atoms with van der Waals surface area (Å²) in [6.45, 7) is 2.42. The SMILES string of the molecule is Oc1ccc(-c2nc3c(C(F)(F)F)nc4cc(Cl)ccc4c3n2CCC2CCNCC2)cc1. The van der Waals surface area contributed by atoms with Gasteiger partial charge in [-0.25, -0.2) is 9.97 Å². The lowest BCUT2D eigenvalue weighted by molar-refractivity contribution is -0.139. The molecule has 1 aliphatic rings. The maximum atomic E-state index is 14.0. The molecular formula is C24H22ClF3N4O. The van der Waals surface area contributed by atoms with E-state index in [4.69, 9.17) is 11.6 Å². The summed E-state index contributed by atoms with van der Waals surface area (Å²) in [5, 5.41) is 13.9. The van der Waals surface area contributed by atoms with Crippen molar-refractivity contribution in [2.75, 3.05) is 13.1 Å². The second kappa shape index (κ2) is 8.50. The maximum absolute atomic E-state index is 14.0. The zero-order chi connectivity index (χ0) is 23.2. The van der Waals surface area contributed by atoms with Gasteiger partial charge in [-0.3, -0.25) is 0 Å². The minimum absolute atomic E-state index is 0.0776. The molecule has 2 aromatic heterocycles. The van der Waals surface area contributed by atoms with Crippen LogP contribution in [0.2, 0.25) is 5.02 Å². The predicted molar refractivity (Wildman–Crippen MR) is 122 cm³/mol. The summed E-state index contributed by atoms with van der Waals surface area (Å²) in [5.74, 6) is 0.989. The van der Waals surface area contributed by atoms with Gasteiger partial charge < -0.3 is 15.0 Å². The molecule has 0 spiro atoms. The first-order chi connectivity index (χ1) is 15.8. The Labute approximate surface area is 193 Å². The predicted octanol–water partition coefficient (Wildman–Crippen LogP) is 6.02. The minimum atomic E-state index is -4.67. The number of alkyl halides is 3. The number of phenolic OH excluding ortho intramolecular Hbond substituents is 1. The van der Waals surface area contributed by atoms with Crippen LogP contribution in [-0.2, 0) is 12.7 Å². The zero-order valence-corrected chi connectivity index (χ0v) is 18.4. The molecule has 0 bridgehead atoms. The van der Waals surface area contributed by atoms with Crippen LogP contribution in [0.15, 0.2) is 42.5 Å². The second-order valence-corrected chi connectivity index (χ2v) is 8.87. The van der Waals surface area contributed by atoms with Crippen LogP contribution >= 0.6 is 11.6 Å². The van der Waals surface area contributed by atoms with E-state index in [-0.39, 0.29) is 16.8 Å². The van der Waals surface area contributed by atoms with Crippen molar-refractivity contribution < 1.29 is 18.3 Å². The Kier molecular flexibility index (Phi) is 5.66. The third kappa shape index (κ3) is 4.25. The molecule has 2 N–H and O–H groups in total. The number of imidazole rings is 1. The highest BCUT2D eigenvalue weighted by molar-refractivity contribution is 6.31. The lowest BCUT2D eigenvalue weighted by Gasteiger charge is -2.23. The van der Waals surface area contributed by atoms with Crippen molar-refractivity contribution in [2.24, 2.45) is 5.92 Å². The Bertz CT molecular complexity index is 1310. The molecule has 1 aliphatic heterocycles. The summed E-state index contributed by atoms with van der Waals surface area (Å²) in [5.41, 5.74) is 0.0202. The van der Waals surface area contributed by atoms with Gasteiger partial charge in [0.1, 0.15) is 17.1 Å². The van der Waals surface area contributed by atoms with E-state index in [1.54, 1.807) is 24.3 Å². The first-order valence-electron chi connectivity index (χ1n) is 10.9. The number of aromatic hydroxyl groups is 1. The molecule has 0 unspecified atom stereocenters. The number of phenols is 1. The van der Waals surface area contributed by atoms with Crippen molar-refractivity contribution in [1.82, 2.24) is 19.9 Å². The molecule has 5 rings (SSSR count). The first-order valence-corrected chi connectivity index (χ1v) is 11.3. The number of piperidine rings is 1. The van der Waals surface area contributed by atoms with Crippen molar-refractivity contribution in [1.29, 1.82) is 0 Å². The van der Waals surface area contributed by atoms with Crippen LogP contribution in [0, 0.1) is 5.92 Å². The molecule has 5 nitrogen and oxygen atoms in total. The van der Waals surface area contributed by atoms with Crippen LogP contribution in [0.25, 0.3) is 33.3 Å². The molecule has 0 radical (unpaired) electrons. The monoisotopic (exact) mass is 474 g/mol. The van der Waals surface area contributed by atoms with E-state index in [1.807, 2.05) is 4.57 Å². The van der Waals surface area contributed by atoms with Gasteiger partial charge in [0.05, 0.1) is 11.0 Å². The van der Waals surface area contributed by atoms with Crippen molar-refractivity contribution in [3.8, 4) is 17.1 Å². The Balaban J connectivity index is 1.76. The third-order valence-electron chi connectivity index (χ3n) is 6.25. The summed E-state index contributed by atoms with van der Waals surface area (Å²) < 4.78 is 44.0. The van der Waals surface area contributed by atoms with Crippen molar-refractivity contribution in [3.05, 3.63) is 53.2 Å². The minimum Gasteiger partial charge on any atom is -0.508 e. The molecule has 1 saturated heterocycles. The molecule has 0 amide bonds. The molecule has 172 valence electrons. The van der Waals surface area contributed by atoms with E-state index >= 15 is 0 Å². The largest absolute Gasteiger partial charge is 0.508 e. The highest BCUT2D eigenvalue weighted by Gasteiger charge is 2.37. The zero-order valence-electron chi connectivity index (χ0n) is 17.7. The van der Waals surface area contributed by atoms with Gasteiger partial charge in [-0.15, -0.1) is 0 Å². The maximum Gasteiger partial charge on any atom is 0.435 e. The van der Waals surface area contributed by atoms with Crippen LogP contribution in [0.1, 0.15) is 25.0 Å². The van der Waals surface area contributed by atoms with Crippen molar-refractivity contribution in [2.45, 2.75) is 32.0 Å². The Morgan fingerprint density at radius 3 is 2.48 bits per heavy atom. The number of nitrogens with one attached hydrogen (secondary N) is 1. The normalized spacial score (nSPS) is 15.5. The van der Waals surface area contributed by atoms with Gasteiger partial charge in [-0.1, -0.05) is 11.6 Å². The molecule has 0 atom stereocenters. The quantitative estimate of drug-likeness (QED) is 0.379. The van der Waals surface area contributed by atoms with Gasteiger partial charge in [0.15, 0.2) is 5.69 Å². The molecule has 4 aromatic rings. The molecular weight excluding hydrogens is 453 g/mol.